The number of rotatable bonds is 6. The average Bonchev–Trinajstić information content (AvgIpc) is 3.23. The zero-order chi connectivity index (χ0) is 20.3. The molecule has 0 saturated heterocycles. The van der Waals surface area contributed by atoms with Gasteiger partial charge in [-0.15, -0.1) is 0 Å². The summed E-state index contributed by atoms with van der Waals surface area (Å²) < 4.78 is 7.43. The summed E-state index contributed by atoms with van der Waals surface area (Å²) in [6.45, 7) is 6.71. The van der Waals surface area contributed by atoms with Crippen molar-refractivity contribution < 1.29 is 9.53 Å². The molecular formula is C23H27N3O2. The molecule has 1 amide bonds. The van der Waals surface area contributed by atoms with Crippen LogP contribution < -0.4 is 5.32 Å². The van der Waals surface area contributed by atoms with Gasteiger partial charge in [0.15, 0.2) is 0 Å². The van der Waals surface area contributed by atoms with E-state index in [9.17, 15) is 10.1 Å². The van der Waals surface area contributed by atoms with E-state index in [2.05, 4.69) is 22.9 Å². The van der Waals surface area contributed by atoms with Crippen LogP contribution in [0.1, 0.15) is 47.5 Å². The third-order valence-corrected chi connectivity index (χ3v) is 5.39. The molecular weight excluding hydrogens is 350 g/mol. The lowest BCUT2D eigenvalue weighted by molar-refractivity contribution is -0.112. The minimum absolute atomic E-state index is 0.0974. The third kappa shape index (κ3) is 4.02. The second kappa shape index (κ2) is 8.45. The summed E-state index contributed by atoms with van der Waals surface area (Å²) in [5, 5.41) is 12.4. The molecule has 0 aliphatic heterocycles. The van der Waals surface area contributed by atoms with Crippen LogP contribution in [0, 0.1) is 25.2 Å². The number of amides is 1. The van der Waals surface area contributed by atoms with Crippen LogP contribution in [0.5, 0.6) is 0 Å². The van der Waals surface area contributed by atoms with Gasteiger partial charge in [0.2, 0.25) is 0 Å². The van der Waals surface area contributed by atoms with Gasteiger partial charge in [0.1, 0.15) is 11.6 Å². The third-order valence-electron chi connectivity index (χ3n) is 5.39. The Bertz CT molecular complexity index is 963. The van der Waals surface area contributed by atoms with Crippen molar-refractivity contribution in [2.24, 2.45) is 0 Å². The maximum atomic E-state index is 12.7. The molecule has 1 unspecified atom stereocenters. The van der Waals surface area contributed by atoms with Crippen molar-refractivity contribution in [2.75, 3.05) is 19.0 Å². The Morgan fingerprint density at radius 1 is 1.32 bits per heavy atom. The lowest BCUT2D eigenvalue weighted by Gasteiger charge is -2.17. The molecule has 3 rings (SSSR count). The standard InChI is InChI=1S/C23H27N3O2/c1-15-10-20(17(3)26(15)16(2)14-28-4)11-21(13-24)23(27)25-22-9-8-18-6-5-7-19(18)12-22/h8-12,16H,5-7,14H2,1-4H3,(H,25,27)/b21-11+. The number of carbonyl (C=O) groups is 1. The van der Waals surface area contributed by atoms with Crippen molar-refractivity contribution in [3.63, 3.8) is 0 Å². The SMILES string of the molecule is COCC(C)n1c(C)cc(/C=C(\C#N)C(=O)Nc2ccc3c(c2)CCC3)c1C. The van der Waals surface area contributed by atoms with Gasteiger partial charge in [-0.2, -0.15) is 5.26 Å². The molecule has 0 fully saturated rings. The van der Waals surface area contributed by atoms with Crippen LogP contribution in [0.4, 0.5) is 5.69 Å². The highest BCUT2D eigenvalue weighted by Gasteiger charge is 2.17. The van der Waals surface area contributed by atoms with Crippen LogP contribution in [0.3, 0.4) is 0 Å². The highest BCUT2D eigenvalue weighted by molar-refractivity contribution is 6.09. The predicted octanol–water partition coefficient (Wildman–Crippen LogP) is 4.35. The van der Waals surface area contributed by atoms with Gasteiger partial charge in [0, 0.05) is 24.2 Å². The van der Waals surface area contributed by atoms with Crippen LogP contribution in [0.15, 0.2) is 29.8 Å². The number of nitriles is 1. The van der Waals surface area contributed by atoms with Crippen LogP contribution in [-0.2, 0) is 22.4 Å². The van der Waals surface area contributed by atoms with Gasteiger partial charge in [0.05, 0.1) is 12.6 Å². The number of fused-ring (bicyclic) bond motifs is 1. The molecule has 146 valence electrons. The fourth-order valence-electron chi connectivity index (χ4n) is 4.09. The molecule has 1 N–H and O–H groups in total. The van der Waals surface area contributed by atoms with E-state index in [1.807, 2.05) is 38.1 Å². The number of methoxy groups -OCH3 is 1. The van der Waals surface area contributed by atoms with Crippen molar-refractivity contribution in [1.82, 2.24) is 4.57 Å². The molecule has 1 aliphatic rings. The zero-order valence-electron chi connectivity index (χ0n) is 17.0. The highest BCUT2D eigenvalue weighted by atomic mass is 16.5. The van der Waals surface area contributed by atoms with E-state index >= 15 is 0 Å². The van der Waals surface area contributed by atoms with Crippen molar-refractivity contribution >= 4 is 17.7 Å². The molecule has 0 radical (unpaired) electrons. The zero-order valence-corrected chi connectivity index (χ0v) is 17.0. The first-order chi connectivity index (χ1) is 13.4. The van der Waals surface area contributed by atoms with Crippen molar-refractivity contribution in [3.05, 3.63) is 57.9 Å². The minimum atomic E-state index is -0.379. The molecule has 5 heteroatoms. The normalized spacial score (nSPS) is 14.5. The van der Waals surface area contributed by atoms with Crippen molar-refractivity contribution in [2.45, 2.75) is 46.1 Å². The summed E-state index contributed by atoms with van der Waals surface area (Å²) in [5.74, 6) is -0.379. The van der Waals surface area contributed by atoms with E-state index in [4.69, 9.17) is 4.74 Å². The Hall–Kier alpha value is -2.84. The van der Waals surface area contributed by atoms with Crippen LogP contribution >= 0.6 is 0 Å². The second-order valence-electron chi connectivity index (χ2n) is 7.46. The van der Waals surface area contributed by atoms with E-state index < -0.39 is 0 Å². The summed E-state index contributed by atoms with van der Waals surface area (Å²) in [6, 6.07) is 10.2. The molecule has 1 atom stereocenters. The average molecular weight is 377 g/mol. The first-order valence-electron chi connectivity index (χ1n) is 9.67. The number of carbonyl (C=O) groups excluding carboxylic acids is 1. The molecule has 0 bridgehead atoms. The summed E-state index contributed by atoms with van der Waals surface area (Å²) in [7, 11) is 1.68. The van der Waals surface area contributed by atoms with Gasteiger partial charge in [-0.1, -0.05) is 6.07 Å². The number of hydrogen-bond donors (Lipinski definition) is 1. The lowest BCUT2D eigenvalue weighted by Crippen LogP contribution is -2.14. The molecule has 28 heavy (non-hydrogen) atoms. The Morgan fingerprint density at radius 3 is 2.79 bits per heavy atom. The fourth-order valence-corrected chi connectivity index (χ4v) is 4.09. The van der Waals surface area contributed by atoms with Crippen molar-refractivity contribution in [1.29, 1.82) is 5.26 Å². The summed E-state index contributed by atoms with van der Waals surface area (Å²) in [6.07, 6.45) is 4.98. The van der Waals surface area contributed by atoms with E-state index in [0.717, 1.165) is 41.9 Å². The van der Waals surface area contributed by atoms with E-state index in [1.165, 1.54) is 11.1 Å². The summed E-state index contributed by atoms with van der Waals surface area (Å²) in [5.41, 5.74) is 6.44. The number of anilines is 1. The van der Waals surface area contributed by atoms with Crippen LogP contribution in [-0.4, -0.2) is 24.2 Å². The largest absolute Gasteiger partial charge is 0.383 e. The number of nitrogens with zero attached hydrogens (tertiary/aromatic N) is 2. The highest BCUT2D eigenvalue weighted by Crippen LogP contribution is 2.26. The Labute approximate surface area is 166 Å². The first-order valence-corrected chi connectivity index (χ1v) is 9.67. The molecule has 2 aromatic rings. The number of aromatic nitrogens is 1. The van der Waals surface area contributed by atoms with Crippen LogP contribution in [0.2, 0.25) is 0 Å². The van der Waals surface area contributed by atoms with Gasteiger partial charge in [-0.25, -0.2) is 0 Å². The minimum Gasteiger partial charge on any atom is -0.383 e. The topological polar surface area (TPSA) is 67.0 Å². The molecule has 1 heterocycles. The van der Waals surface area contributed by atoms with E-state index in [1.54, 1.807) is 13.2 Å². The van der Waals surface area contributed by atoms with Gasteiger partial charge in [-0.3, -0.25) is 4.79 Å². The molecule has 1 aliphatic carbocycles. The number of benzene rings is 1. The number of aryl methyl sites for hydroxylation is 3. The van der Waals surface area contributed by atoms with Crippen molar-refractivity contribution in [3.8, 4) is 6.07 Å². The predicted molar refractivity (Wildman–Crippen MR) is 111 cm³/mol. The van der Waals surface area contributed by atoms with E-state index in [0.29, 0.717) is 6.61 Å². The first kappa shape index (κ1) is 19.9. The summed E-state index contributed by atoms with van der Waals surface area (Å²) in [4.78, 5) is 12.7. The molecule has 0 spiro atoms. The van der Waals surface area contributed by atoms with Gasteiger partial charge < -0.3 is 14.6 Å². The summed E-state index contributed by atoms with van der Waals surface area (Å²) >= 11 is 0. The molecule has 1 aromatic carbocycles. The maximum absolute atomic E-state index is 12.7. The molecule has 5 nitrogen and oxygen atoms in total. The number of nitrogens with one attached hydrogen (secondary N) is 1. The van der Waals surface area contributed by atoms with Gasteiger partial charge >= 0.3 is 0 Å². The van der Waals surface area contributed by atoms with Gasteiger partial charge in [0.25, 0.3) is 5.91 Å². The maximum Gasteiger partial charge on any atom is 0.266 e. The lowest BCUT2D eigenvalue weighted by atomic mass is 10.1. The van der Waals surface area contributed by atoms with Gasteiger partial charge in [-0.05, 0) is 81.0 Å². The molecule has 0 saturated carbocycles. The quantitative estimate of drug-likeness (QED) is 0.601. The number of ether oxygens (including phenoxy) is 1. The Morgan fingerprint density at radius 2 is 2.07 bits per heavy atom. The Kier molecular flexibility index (Phi) is 6.01. The second-order valence-corrected chi connectivity index (χ2v) is 7.46. The monoisotopic (exact) mass is 377 g/mol. The Balaban J connectivity index is 1.83. The fraction of sp³-hybridized carbons (Fsp3) is 0.391. The molecule has 1 aromatic heterocycles. The number of hydrogen-bond acceptors (Lipinski definition) is 3. The smallest absolute Gasteiger partial charge is 0.266 e. The van der Waals surface area contributed by atoms with Crippen LogP contribution in [0.25, 0.3) is 6.08 Å². The van der Waals surface area contributed by atoms with E-state index in [-0.39, 0.29) is 17.5 Å².